The topological polar surface area (TPSA) is 55.0 Å². The maximum atomic E-state index is 6.22. The number of aryl methyl sites for hydroxylation is 2. The quantitative estimate of drug-likeness (QED) is 0.940. The molecule has 2 aromatic heterocycles. The van der Waals surface area contributed by atoms with Gasteiger partial charge < -0.3 is 5.73 Å². The molecule has 0 unspecified atom stereocenters. The number of rotatable bonds is 4. The van der Waals surface area contributed by atoms with Crippen LogP contribution in [0.15, 0.2) is 0 Å². The van der Waals surface area contributed by atoms with Gasteiger partial charge in [-0.25, -0.2) is 9.97 Å². The van der Waals surface area contributed by atoms with E-state index < -0.39 is 0 Å². The van der Waals surface area contributed by atoms with Gasteiger partial charge in [0, 0.05) is 4.88 Å². The van der Waals surface area contributed by atoms with Crippen molar-refractivity contribution in [2.45, 2.75) is 46.1 Å². The molecule has 0 radical (unpaired) electrons. The van der Waals surface area contributed by atoms with Crippen molar-refractivity contribution in [3.05, 3.63) is 16.3 Å². The van der Waals surface area contributed by atoms with Gasteiger partial charge in [-0.2, -0.15) is 0 Å². The summed E-state index contributed by atoms with van der Waals surface area (Å²) in [5, 5.41) is 1.13. The molecule has 108 valence electrons. The van der Waals surface area contributed by atoms with E-state index in [-0.39, 0.29) is 0 Å². The maximum Gasteiger partial charge on any atom is 0.146 e. The molecular formula is C15H22N4S. The summed E-state index contributed by atoms with van der Waals surface area (Å²) in [5.41, 5.74) is 7.64. The van der Waals surface area contributed by atoms with E-state index in [4.69, 9.17) is 10.7 Å². The van der Waals surface area contributed by atoms with Crippen LogP contribution < -0.4 is 5.73 Å². The molecule has 0 amide bonds. The first kappa shape index (κ1) is 13.8. The normalized spacial score (nSPS) is 14.9. The van der Waals surface area contributed by atoms with E-state index in [0.29, 0.717) is 5.82 Å². The van der Waals surface area contributed by atoms with Gasteiger partial charge in [0.15, 0.2) is 0 Å². The van der Waals surface area contributed by atoms with Gasteiger partial charge in [-0.05, 0) is 44.3 Å². The van der Waals surface area contributed by atoms with Crippen molar-refractivity contribution in [2.24, 2.45) is 0 Å². The summed E-state index contributed by atoms with van der Waals surface area (Å²) >= 11 is 1.82. The molecule has 3 rings (SSSR count). The lowest BCUT2D eigenvalue weighted by molar-refractivity contribution is 0.289. The van der Waals surface area contributed by atoms with E-state index in [1.54, 1.807) is 0 Å². The summed E-state index contributed by atoms with van der Waals surface area (Å²) in [7, 11) is 0. The molecule has 0 fully saturated rings. The molecule has 0 spiro atoms. The zero-order chi connectivity index (χ0) is 14.1. The van der Waals surface area contributed by atoms with E-state index in [0.717, 1.165) is 42.1 Å². The van der Waals surface area contributed by atoms with Crippen molar-refractivity contribution in [3.63, 3.8) is 0 Å². The Kier molecular flexibility index (Phi) is 3.89. The van der Waals surface area contributed by atoms with Crippen LogP contribution in [0.5, 0.6) is 0 Å². The van der Waals surface area contributed by atoms with Gasteiger partial charge in [-0.15, -0.1) is 11.3 Å². The number of aromatic nitrogens is 2. The maximum absolute atomic E-state index is 6.22. The number of nitrogens with two attached hydrogens (primary N) is 1. The average Bonchev–Trinajstić information content (AvgIpc) is 2.83. The Labute approximate surface area is 124 Å². The highest BCUT2D eigenvalue weighted by molar-refractivity contribution is 7.19. The lowest BCUT2D eigenvalue weighted by Crippen LogP contribution is -2.23. The average molecular weight is 290 g/mol. The fourth-order valence-corrected chi connectivity index (χ4v) is 4.24. The molecular weight excluding hydrogens is 268 g/mol. The number of nitrogens with zero attached hydrogens (tertiary/aromatic N) is 3. The van der Waals surface area contributed by atoms with Crippen molar-refractivity contribution >= 4 is 27.4 Å². The van der Waals surface area contributed by atoms with Crippen molar-refractivity contribution in [3.8, 4) is 0 Å². The molecule has 1 aliphatic carbocycles. The van der Waals surface area contributed by atoms with Crippen LogP contribution in [-0.2, 0) is 19.4 Å². The molecule has 20 heavy (non-hydrogen) atoms. The standard InChI is InChI=1S/C15H22N4S/c1-3-19(4-2)9-12-17-14(16)13-10-7-5-6-8-11(10)20-15(13)18-12/h3-9H2,1-2H3,(H2,16,17,18). The number of fused-ring (bicyclic) bond motifs is 3. The first-order valence-electron chi connectivity index (χ1n) is 7.51. The van der Waals surface area contributed by atoms with Gasteiger partial charge in [-0.3, -0.25) is 4.90 Å². The Balaban J connectivity index is 2.01. The molecule has 0 saturated carbocycles. The predicted octanol–water partition coefficient (Wildman–Crippen LogP) is 2.99. The van der Waals surface area contributed by atoms with Gasteiger partial charge in [0.2, 0.25) is 0 Å². The lowest BCUT2D eigenvalue weighted by Gasteiger charge is -2.17. The summed E-state index contributed by atoms with van der Waals surface area (Å²) in [6.07, 6.45) is 4.87. The van der Waals surface area contributed by atoms with Crippen LogP contribution in [0.4, 0.5) is 5.82 Å². The van der Waals surface area contributed by atoms with Gasteiger partial charge >= 0.3 is 0 Å². The van der Waals surface area contributed by atoms with E-state index in [1.807, 2.05) is 11.3 Å². The van der Waals surface area contributed by atoms with Crippen molar-refractivity contribution < 1.29 is 0 Å². The molecule has 0 bridgehead atoms. The fraction of sp³-hybridized carbons (Fsp3) is 0.600. The minimum absolute atomic E-state index is 0.677. The van der Waals surface area contributed by atoms with E-state index >= 15 is 0 Å². The van der Waals surface area contributed by atoms with Crippen LogP contribution in [-0.4, -0.2) is 28.0 Å². The fourth-order valence-electron chi connectivity index (χ4n) is 2.95. The molecule has 0 atom stereocenters. The molecule has 2 heterocycles. The molecule has 0 saturated heterocycles. The van der Waals surface area contributed by atoms with E-state index in [9.17, 15) is 0 Å². The number of anilines is 1. The summed E-state index contributed by atoms with van der Waals surface area (Å²) in [6, 6.07) is 0. The lowest BCUT2D eigenvalue weighted by atomic mass is 9.97. The highest BCUT2D eigenvalue weighted by Gasteiger charge is 2.20. The molecule has 2 aromatic rings. The van der Waals surface area contributed by atoms with Gasteiger partial charge in [0.25, 0.3) is 0 Å². The SMILES string of the molecule is CCN(CC)Cc1nc(N)c2c3c(sc2n1)CCCC3. The zero-order valence-electron chi connectivity index (χ0n) is 12.3. The first-order chi connectivity index (χ1) is 9.72. The smallest absolute Gasteiger partial charge is 0.146 e. The summed E-state index contributed by atoms with van der Waals surface area (Å²) in [5.74, 6) is 1.54. The van der Waals surface area contributed by atoms with Crippen LogP contribution >= 0.6 is 11.3 Å². The first-order valence-corrected chi connectivity index (χ1v) is 8.33. The summed E-state index contributed by atoms with van der Waals surface area (Å²) in [4.78, 5) is 14.2. The minimum atomic E-state index is 0.677. The Bertz CT molecular complexity index is 616. The summed E-state index contributed by atoms with van der Waals surface area (Å²) < 4.78 is 0. The van der Waals surface area contributed by atoms with Gasteiger partial charge in [0.1, 0.15) is 16.5 Å². The van der Waals surface area contributed by atoms with Gasteiger partial charge in [-0.1, -0.05) is 13.8 Å². The van der Waals surface area contributed by atoms with Crippen LogP contribution in [0.3, 0.4) is 0 Å². The third-order valence-corrected chi connectivity index (χ3v) is 5.33. The molecule has 1 aliphatic rings. The van der Waals surface area contributed by atoms with Crippen molar-refractivity contribution in [1.82, 2.24) is 14.9 Å². The van der Waals surface area contributed by atoms with Crippen LogP contribution in [0.2, 0.25) is 0 Å². The molecule has 5 heteroatoms. The number of thiophene rings is 1. The van der Waals surface area contributed by atoms with Crippen LogP contribution in [0.1, 0.15) is 43.0 Å². The monoisotopic (exact) mass is 290 g/mol. The van der Waals surface area contributed by atoms with Crippen molar-refractivity contribution in [2.75, 3.05) is 18.8 Å². The van der Waals surface area contributed by atoms with Gasteiger partial charge in [0.05, 0.1) is 11.9 Å². The number of hydrogen-bond acceptors (Lipinski definition) is 5. The van der Waals surface area contributed by atoms with Crippen LogP contribution in [0.25, 0.3) is 10.2 Å². The Morgan fingerprint density at radius 3 is 2.65 bits per heavy atom. The third-order valence-electron chi connectivity index (χ3n) is 4.15. The Morgan fingerprint density at radius 1 is 1.15 bits per heavy atom. The minimum Gasteiger partial charge on any atom is -0.383 e. The van der Waals surface area contributed by atoms with Crippen molar-refractivity contribution in [1.29, 1.82) is 0 Å². The molecule has 2 N–H and O–H groups in total. The third kappa shape index (κ3) is 2.40. The highest BCUT2D eigenvalue weighted by atomic mass is 32.1. The molecule has 4 nitrogen and oxygen atoms in total. The zero-order valence-corrected chi connectivity index (χ0v) is 13.1. The predicted molar refractivity (Wildman–Crippen MR) is 85.1 cm³/mol. The second kappa shape index (κ2) is 5.66. The second-order valence-electron chi connectivity index (χ2n) is 5.38. The summed E-state index contributed by atoms with van der Waals surface area (Å²) in [6.45, 7) is 7.14. The highest BCUT2D eigenvalue weighted by Crippen LogP contribution is 2.37. The van der Waals surface area contributed by atoms with E-state index in [2.05, 4.69) is 23.7 Å². The molecule has 0 aliphatic heterocycles. The van der Waals surface area contributed by atoms with Crippen LogP contribution in [0, 0.1) is 0 Å². The Hall–Kier alpha value is -1.20. The Morgan fingerprint density at radius 2 is 1.90 bits per heavy atom. The van der Waals surface area contributed by atoms with E-state index in [1.165, 1.54) is 29.7 Å². The molecule has 0 aromatic carbocycles. The number of hydrogen-bond donors (Lipinski definition) is 1. The largest absolute Gasteiger partial charge is 0.383 e. The number of nitrogen functional groups attached to an aromatic ring is 1. The second-order valence-corrected chi connectivity index (χ2v) is 6.46.